The number of hydrogen-bond donors (Lipinski definition) is 8. The number of amides is 6. The van der Waals surface area contributed by atoms with Crippen LogP contribution in [0.5, 0.6) is 0 Å². The average Bonchev–Trinajstić information content (AvgIpc) is 3.73. The number of rotatable bonds is 32. The summed E-state index contributed by atoms with van der Waals surface area (Å²) in [6.07, 6.45) is 10.4. The Kier molecular flexibility index (Phi) is 25.0. The van der Waals surface area contributed by atoms with Gasteiger partial charge in [0.2, 0.25) is 35.4 Å². The smallest absolute Gasteiger partial charge is 0.325 e. The lowest BCUT2D eigenvalue weighted by atomic mass is 9.84. The van der Waals surface area contributed by atoms with Crippen LogP contribution in [0.3, 0.4) is 0 Å². The Bertz CT molecular complexity index is 1880. The third-order valence-electron chi connectivity index (χ3n) is 11.4. The summed E-state index contributed by atoms with van der Waals surface area (Å²) < 4.78 is 17.5. The van der Waals surface area contributed by atoms with Crippen molar-refractivity contribution >= 4 is 43.0 Å². The lowest BCUT2D eigenvalue weighted by molar-refractivity contribution is -0.137. The van der Waals surface area contributed by atoms with Gasteiger partial charge in [-0.2, -0.15) is 0 Å². The van der Waals surface area contributed by atoms with Crippen molar-refractivity contribution in [2.24, 2.45) is 23.0 Å². The summed E-state index contributed by atoms with van der Waals surface area (Å²) in [5, 5.41) is 10.4. The molecule has 2 aromatic rings. The molecule has 1 aromatic carbocycles. The van der Waals surface area contributed by atoms with Gasteiger partial charge in [-0.15, -0.1) is 0 Å². The molecule has 0 bridgehead atoms. The topological polar surface area (TPSA) is 275 Å². The Labute approximate surface area is 398 Å². The minimum absolute atomic E-state index is 0.0386. The minimum atomic E-state index is -4.56. The van der Waals surface area contributed by atoms with Gasteiger partial charge in [-0.1, -0.05) is 84.2 Å². The highest BCUT2D eigenvalue weighted by Gasteiger charge is 2.34. The second kappa shape index (κ2) is 28.6. The molecule has 5 unspecified atom stereocenters. The summed E-state index contributed by atoms with van der Waals surface area (Å²) in [4.78, 5) is 108. The monoisotopic (exact) mass is 961 g/mol. The van der Waals surface area contributed by atoms with E-state index in [4.69, 9.17) is 10.5 Å². The van der Waals surface area contributed by atoms with Crippen LogP contribution in [0.15, 0.2) is 42.9 Å². The molecule has 6 amide bonds. The third kappa shape index (κ3) is 25.3. The fraction of sp³-hybridized carbons (Fsp3) is 0.688. The molecule has 0 spiro atoms. The van der Waals surface area contributed by atoms with Crippen LogP contribution in [0.4, 0.5) is 0 Å². The first-order chi connectivity index (χ1) is 31.2. The van der Waals surface area contributed by atoms with Crippen LogP contribution in [0.2, 0.25) is 0 Å². The normalized spacial score (nSPS) is 14.3. The van der Waals surface area contributed by atoms with Crippen LogP contribution in [0.1, 0.15) is 138 Å². The Morgan fingerprint density at radius 1 is 0.821 bits per heavy atom. The van der Waals surface area contributed by atoms with E-state index in [0.29, 0.717) is 31.7 Å². The number of H-pyrrole nitrogens is 1. The largest absolute Gasteiger partial charge is 0.376 e. The molecular weight excluding hydrogens is 880 g/mol. The van der Waals surface area contributed by atoms with Gasteiger partial charge < -0.3 is 51.4 Å². The van der Waals surface area contributed by atoms with E-state index in [0.717, 1.165) is 44.9 Å². The van der Waals surface area contributed by atoms with E-state index in [1.807, 2.05) is 52.8 Å². The lowest BCUT2D eigenvalue weighted by Crippen LogP contribution is -2.59. The molecular formula is C48H81N8O10P. The number of nitrogens with zero attached hydrogens (tertiary/aromatic N) is 2. The number of nitrogens with two attached hydrogens (primary N) is 1. The summed E-state index contributed by atoms with van der Waals surface area (Å²) in [6, 6.07) is 5.18. The number of benzene rings is 1. The van der Waals surface area contributed by atoms with Gasteiger partial charge in [0.25, 0.3) is 0 Å². The molecule has 1 aromatic heterocycles. The molecule has 9 N–H and O–H groups in total. The fourth-order valence-electron chi connectivity index (χ4n) is 7.56. The molecule has 0 radical (unpaired) electrons. The number of hydrogen-bond acceptors (Lipinski definition) is 9. The van der Waals surface area contributed by atoms with Crippen LogP contribution in [-0.4, -0.2) is 116 Å². The van der Waals surface area contributed by atoms with E-state index in [1.165, 1.54) is 31.9 Å². The van der Waals surface area contributed by atoms with Crippen molar-refractivity contribution in [2.75, 3.05) is 25.9 Å². The molecule has 0 fully saturated rings. The zero-order valence-electron chi connectivity index (χ0n) is 41.4. The van der Waals surface area contributed by atoms with Crippen molar-refractivity contribution in [3.8, 4) is 0 Å². The number of aromatic amines is 1. The van der Waals surface area contributed by atoms with E-state index in [1.54, 1.807) is 4.90 Å². The molecule has 378 valence electrons. The molecule has 0 saturated heterocycles. The van der Waals surface area contributed by atoms with E-state index in [2.05, 4.69) is 57.2 Å². The van der Waals surface area contributed by atoms with Gasteiger partial charge in [0.1, 0.15) is 24.2 Å². The Morgan fingerprint density at radius 2 is 1.48 bits per heavy atom. The molecule has 19 heteroatoms. The predicted molar refractivity (Wildman–Crippen MR) is 258 cm³/mol. The van der Waals surface area contributed by atoms with Crippen molar-refractivity contribution in [1.29, 1.82) is 0 Å². The standard InChI is InChI=1S/C48H81N8O10P/c1-33(2)27-38(46(62)54-39(28-37-29-50-32-51-37)45(61)52-35(4)44(60)55-42(43(49)59)34(3)31-67(63,64)65)53-40(57)30-56(25-18-11-10-13-19-36-20-14-12-15-21-36)41(58)22-16-17-23-48(8,9)24-26-66-47(5,6)7/h12,14-15,20-21,29,32-35,38-39,42H,10-11,13,16-19,22-28,30-31H2,1-9H3,(H2,49,59)(H,50,51)(H,52,61)(H,53,57)(H,54,62)(H,55,60)(H2,63,64,65). The zero-order chi connectivity index (χ0) is 50.4. The van der Waals surface area contributed by atoms with Crippen molar-refractivity contribution in [3.63, 3.8) is 0 Å². The molecule has 0 aliphatic carbocycles. The van der Waals surface area contributed by atoms with Gasteiger partial charge in [-0.05, 0) is 95.5 Å². The molecule has 0 aliphatic heterocycles. The van der Waals surface area contributed by atoms with Crippen LogP contribution in [0.25, 0.3) is 0 Å². The highest BCUT2D eigenvalue weighted by molar-refractivity contribution is 7.51. The van der Waals surface area contributed by atoms with Crippen molar-refractivity contribution < 1.29 is 47.9 Å². The number of aryl methyl sites for hydroxylation is 1. The van der Waals surface area contributed by atoms with Gasteiger partial charge >= 0.3 is 7.60 Å². The maximum absolute atomic E-state index is 14.0. The van der Waals surface area contributed by atoms with Crippen molar-refractivity contribution in [1.82, 2.24) is 36.1 Å². The van der Waals surface area contributed by atoms with E-state index in [9.17, 15) is 43.1 Å². The second-order valence-corrected chi connectivity index (χ2v) is 21.8. The van der Waals surface area contributed by atoms with Crippen LogP contribution >= 0.6 is 7.60 Å². The SMILES string of the molecule is CC(C)CC(NC(=O)CN(CCCCCCc1ccccc1)C(=O)CCCCC(C)(C)CCOC(C)(C)C)C(=O)NC(Cc1cnc[nH]1)C(=O)NC(C)C(=O)NC(C(N)=O)C(C)CP(=O)(O)O. The predicted octanol–water partition coefficient (Wildman–Crippen LogP) is 4.68. The van der Waals surface area contributed by atoms with Crippen LogP contribution in [0, 0.1) is 17.3 Å². The first-order valence-electron chi connectivity index (χ1n) is 23.7. The summed E-state index contributed by atoms with van der Waals surface area (Å²) >= 11 is 0. The van der Waals surface area contributed by atoms with E-state index >= 15 is 0 Å². The number of aromatic nitrogens is 2. The molecule has 2 rings (SSSR count). The second-order valence-electron chi connectivity index (χ2n) is 20.1. The first kappa shape index (κ1) is 58.5. The Balaban J connectivity index is 2.18. The molecule has 0 saturated carbocycles. The maximum atomic E-state index is 14.0. The number of imidazole rings is 1. The van der Waals surface area contributed by atoms with E-state index < -0.39 is 73.4 Å². The van der Waals surface area contributed by atoms with Gasteiger partial charge in [0.15, 0.2) is 0 Å². The number of nitrogens with one attached hydrogen (secondary N) is 5. The number of carbonyl (C=O) groups excluding carboxylic acids is 6. The highest BCUT2D eigenvalue weighted by Crippen LogP contribution is 2.37. The number of unbranched alkanes of at least 4 members (excludes halogenated alkanes) is 4. The van der Waals surface area contributed by atoms with Gasteiger partial charge in [-0.25, -0.2) is 4.98 Å². The lowest BCUT2D eigenvalue weighted by Gasteiger charge is -2.28. The number of primary amides is 1. The molecule has 18 nitrogen and oxygen atoms in total. The third-order valence-corrected chi connectivity index (χ3v) is 12.5. The van der Waals surface area contributed by atoms with E-state index in [-0.39, 0.29) is 48.6 Å². The molecule has 0 aliphatic rings. The first-order valence-corrected chi connectivity index (χ1v) is 25.5. The summed E-state index contributed by atoms with van der Waals surface area (Å²) in [5.41, 5.74) is 7.02. The summed E-state index contributed by atoms with van der Waals surface area (Å²) in [7, 11) is -4.56. The maximum Gasteiger partial charge on any atom is 0.325 e. The van der Waals surface area contributed by atoms with Crippen LogP contribution < -0.4 is 27.0 Å². The number of carbonyl (C=O) groups is 6. The molecule has 1 heterocycles. The summed E-state index contributed by atoms with van der Waals surface area (Å²) in [5.74, 6) is -5.07. The highest BCUT2D eigenvalue weighted by atomic mass is 31.2. The minimum Gasteiger partial charge on any atom is -0.376 e. The zero-order valence-corrected chi connectivity index (χ0v) is 42.3. The van der Waals surface area contributed by atoms with Gasteiger partial charge in [-0.3, -0.25) is 33.3 Å². The van der Waals surface area contributed by atoms with Gasteiger partial charge in [0.05, 0.1) is 24.6 Å². The molecule has 67 heavy (non-hydrogen) atoms. The van der Waals surface area contributed by atoms with Crippen molar-refractivity contribution in [2.45, 2.75) is 169 Å². The quantitative estimate of drug-likeness (QED) is 0.0368. The fourth-order valence-corrected chi connectivity index (χ4v) is 8.53. The Morgan fingerprint density at radius 3 is 2.07 bits per heavy atom. The molecule has 5 atom stereocenters. The number of ether oxygens (including phenoxy) is 1. The average molecular weight is 961 g/mol. The summed E-state index contributed by atoms with van der Waals surface area (Å²) in [6.45, 7) is 17.8. The van der Waals surface area contributed by atoms with Crippen LogP contribution in [-0.2, 0) is 50.9 Å². The Hall–Kier alpha value is -4.64. The van der Waals surface area contributed by atoms with Gasteiger partial charge in [0, 0.05) is 37.9 Å². The van der Waals surface area contributed by atoms with Crippen molar-refractivity contribution in [3.05, 3.63) is 54.1 Å².